The normalized spacial score (nSPS) is 19.3. The number of rotatable bonds is 2. The molecule has 128 valence electrons. The molecule has 2 aromatic rings. The van der Waals surface area contributed by atoms with E-state index >= 15 is 0 Å². The highest BCUT2D eigenvalue weighted by molar-refractivity contribution is 6.30. The molecule has 0 fully saturated rings. The topological polar surface area (TPSA) is 27.0 Å². The smallest absolute Gasteiger partial charge is 0.0998 e. The standard InChI is InChI=1S/C22H23ClN2/c1-15-13-22(2,3)25(4)21-10-5-16(12-20(15)21)11-18(14-24)17-6-8-19(23)9-7-17/h5-12,15H,13H2,1-4H3/b18-11+. The van der Waals surface area contributed by atoms with Crippen LogP contribution in [0.25, 0.3) is 11.6 Å². The summed E-state index contributed by atoms with van der Waals surface area (Å²) in [6, 6.07) is 16.2. The van der Waals surface area contributed by atoms with Crippen molar-refractivity contribution in [1.82, 2.24) is 0 Å². The van der Waals surface area contributed by atoms with Crippen molar-refractivity contribution in [1.29, 1.82) is 5.26 Å². The number of nitriles is 1. The molecule has 0 spiro atoms. The Labute approximate surface area is 155 Å². The predicted molar refractivity (Wildman–Crippen MR) is 107 cm³/mol. The van der Waals surface area contributed by atoms with Crippen molar-refractivity contribution in [2.45, 2.75) is 38.6 Å². The van der Waals surface area contributed by atoms with Gasteiger partial charge in [0.05, 0.1) is 11.6 Å². The van der Waals surface area contributed by atoms with Gasteiger partial charge in [-0.15, -0.1) is 0 Å². The van der Waals surface area contributed by atoms with Crippen LogP contribution in [0.5, 0.6) is 0 Å². The fourth-order valence-corrected chi connectivity index (χ4v) is 3.79. The molecule has 2 nitrogen and oxygen atoms in total. The zero-order chi connectivity index (χ0) is 18.2. The summed E-state index contributed by atoms with van der Waals surface area (Å²) in [5.74, 6) is 0.496. The Bertz CT molecular complexity index is 857. The van der Waals surface area contributed by atoms with E-state index < -0.39 is 0 Å². The van der Waals surface area contributed by atoms with Crippen molar-refractivity contribution < 1.29 is 0 Å². The Balaban J connectivity index is 2.01. The maximum atomic E-state index is 9.55. The van der Waals surface area contributed by atoms with Crippen LogP contribution in [0.3, 0.4) is 0 Å². The van der Waals surface area contributed by atoms with Gasteiger partial charge in [0.2, 0.25) is 0 Å². The van der Waals surface area contributed by atoms with Crippen molar-refractivity contribution in [2.24, 2.45) is 0 Å². The minimum Gasteiger partial charge on any atom is -0.369 e. The summed E-state index contributed by atoms with van der Waals surface area (Å²) in [5, 5.41) is 10.2. The average molecular weight is 351 g/mol. The van der Waals surface area contributed by atoms with E-state index in [2.05, 4.69) is 57.0 Å². The molecule has 0 amide bonds. The first-order valence-corrected chi connectivity index (χ1v) is 8.95. The Hall–Kier alpha value is -2.24. The van der Waals surface area contributed by atoms with Crippen molar-refractivity contribution in [2.75, 3.05) is 11.9 Å². The lowest BCUT2D eigenvalue weighted by atomic mass is 9.80. The molecule has 0 aliphatic carbocycles. The monoisotopic (exact) mass is 350 g/mol. The maximum absolute atomic E-state index is 9.55. The zero-order valence-corrected chi connectivity index (χ0v) is 15.9. The highest BCUT2D eigenvalue weighted by Gasteiger charge is 2.33. The van der Waals surface area contributed by atoms with Gasteiger partial charge < -0.3 is 4.90 Å². The van der Waals surface area contributed by atoms with Crippen LogP contribution in [-0.4, -0.2) is 12.6 Å². The fourth-order valence-electron chi connectivity index (χ4n) is 3.66. The summed E-state index contributed by atoms with van der Waals surface area (Å²) in [5.41, 5.74) is 5.38. The molecule has 25 heavy (non-hydrogen) atoms. The number of anilines is 1. The number of hydrogen-bond donors (Lipinski definition) is 0. The van der Waals surface area contributed by atoms with Crippen molar-refractivity contribution >= 4 is 28.9 Å². The van der Waals surface area contributed by atoms with Gasteiger partial charge in [-0.2, -0.15) is 5.26 Å². The summed E-state index contributed by atoms with van der Waals surface area (Å²) < 4.78 is 0. The average Bonchev–Trinajstić information content (AvgIpc) is 2.58. The molecule has 0 N–H and O–H groups in total. The molecule has 1 aliphatic heterocycles. The van der Waals surface area contributed by atoms with E-state index in [1.54, 1.807) is 0 Å². The Kier molecular flexibility index (Phi) is 4.62. The molecular formula is C22H23ClN2. The van der Waals surface area contributed by atoms with Gasteiger partial charge in [0.15, 0.2) is 0 Å². The van der Waals surface area contributed by atoms with E-state index in [1.165, 1.54) is 11.3 Å². The van der Waals surface area contributed by atoms with Crippen molar-refractivity contribution in [3.8, 4) is 6.07 Å². The molecule has 1 atom stereocenters. The Morgan fingerprint density at radius 2 is 1.92 bits per heavy atom. The number of hydrogen-bond acceptors (Lipinski definition) is 2. The molecule has 0 radical (unpaired) electrons. The van der Waals surface area contributed by atoms with E-state index in [1.807, 2.05) is 30.3 Å². The summed E-state index contributed by atoms with van der Waals surface area (Å²) in [6.45, 7) is 6.86. The Morgan fingerprint density at radius 3 is 2.56 bits per heavy atom. The lowest BCUT2D eigenvalue weighted by molar-refractivity contribution is 0.395. The van der Waals surface area contributed by atoms with Crippen molar-refractivity contribution in [3.05, 3.63) is 64.2 Å². The number of benzene rings is 2. The molecule has 0 aromatic heterocycles. The van der Waals surface area contributed by atoms with E-state index in [-0.39, 0.29) is 5.54 Å². The van der Waals surface area contributed by atoms with E-state index in [9.17, 15) is 5.26 Å². The van der Waals surface area contributed by atoms with Crippen LogP contribution in [0.4, 0.5) is 5.69 Å². The van der Waals surface area contributed by atoms with Gasteiger partial charge in [-0.25, -0.2) is 0 Å². The second-order valence-corrected chi connectivity index (χ2v) is 7.91. The third kappa shape index (κ3) is 3.43. The number of halogens is 1. The van der Waals surface area contributed by atoms with E-state index in [0.717, 1.165) is 17.5 Å². The van der Waals surface area contributed by atoms with Crippen LogP contribution in [0.1, 0.15) is 49.8 Å². The maximum Gasteiger partial charge on any atom is 0.0998 e. The van der Waals surface area contributed by atoms with Gasteiger partial charge in [-0.3, -0.25) is 0 Å². The summed E-state index contributed by atoms with van der Waals surface area (Å²) >= 11 is 5.94. The Morgan fingerprint density at radius 1 is 1.24 bits per heavy atom. The first kappa shape index (κ1) is 17.6. The largest absolute Gasteiger partial charge is 0.369 e. The SMILES string of the molecule is CC1CC(C)(C)N(C)c2ccc(/C=C(\C#N)c3ccc(Cl)cc3)cc21. The minimum absolute atomic E-state index is 0.158. The van der Waals surface area contributed by atoms with Crippen LogP contribution in [0.2, 0.25) is 5.02 Å². The first-order valence-electron chi connectivity index (χ1n) is 8.57. The molecule has 1 heterocycles. The molecule has 2 aromatic carbocycles. The van der Waals surface area contributed by atoms with Gasteiger partial charge in [-0.1, -0.05) is 36.7 Å². The quantitative estimate of drug-likeness (QED) is 0.481. The highest BCUT2D eigenvalue weighted by Crippen LogP contribution is 2.42. The van der Waals surface area contributed by atoms with Gasteiger partial charge in [0.25, 0.3) is 0 Å². The number of fused-ring (bicyclic) bond motifs is 1. The summed E-state index contributed by atoms with van der Waals surface area (Å²) in [7, 11) is 2.16. The fraction of sp³-hybridized carbons (Fsp3) is 0.318. The lowest BCUT2D eigenvalue weighted by Crippen LogP contribution is -2.45. The predicted octanol–water partition coefficient (Wildman–Crippen LogP) is 6.13. The van der Waals surface area contributed by atoms with Crippen LogP contribution in [-0.2, 0) is 0 Å². The van der Waals surface area contributed by atoms with Gasteiger partial charge in [0.1, 0.15) is 0 Å². The summed E-state index contributed by atoms with van der Waals surface area (Å²) in [6.07, 6.45) is 3.07. The molecule has 3 rings (SSSR count). The zero-order valence-electron chi connectivity index (χ0n) is 15.2. The van der Waals surface area contributed by atoms with Gasteiger partial charge in [0, 0.05) is 23.3 Å². The third-order valence-corrected chi connectivity index (χ3v) is 5.50. The first-order chi connectivity index (χ1) is 11.8. The van der Waals surface area contributed by atoms with Crippen LogP contribution < -0.4 is 4.90 Å². The highest BCUT2D eigenvalue weighted by atomic mass is 35.5. The molecule has 3 heteroatoms. The van der Waals surface area contributed by atoms with Crippen LogP contribution in [0, 0.1) is 11.3 Å². The second-order valence-electron chi connectivity index (χ2n) is 7.47. The molecule has 0 saturated heterocycles. The van der Waals surface area contributed by atoms with Crippen LogP contribution >= 0.6 is 11.6 Å². The van der Waals surface area contributed by atoms with Gasteiger partial charge in [-0.05, 0) is 73.2 Å². The molecule has 0 bridgehead atoms. The summed E-state index contributed by atoms with van der Waals surface area (Å²) in [4.78, 5) is 2.36. The molecular weight excluding hydrogens is 328 g/mol. The van der Waals surface area contributed by atoms with Crippen LogP contribution in [0.15, 0.2) is 42.5 Å². The number of nitrogens with zero attached hydrogens (tertiary/aromatic N) is 2. The van der Waals surface area contributed by atoms with E-state index in [4.69, 9.17) is 11.6 Å². The number of allylic oxidation sites excluding steroid dienone is 1. The second kappa shape index (κ2) is 6.58. The molecule has 1 aliphatic rings. The molecule has 1 unspecified atom stereocenters. The third-order valence-electron chi connectivity index (χ3n) is 5.24. The molecule has 0 saturated carbocycles. The van der Waals surface area contributed by atoms with E-state index in [0.29, 0.717) is 16.5 Å². The van der Waals surface area contributed by atoms with Gasteiger partial charge >= 0.3 is 0 Å². The minimum atomic E-state index is 0.158. The van der Waals surface area contributed by atoms with Crippen molar-refractivity contribution in [3.63, 3.8) is 0 Å². The lowest BCUT2D eigenvalue weighted by Gasteiger charge is -2.45.